The van der Waals surface area contributed by atoms with Gasteiger partial charge in [0.1, 0.15) is 0 Å². The smallest absolute Gasteiger partial charge is 0.195 e. The molecule has 0 aliphatic carbocycles. The molecule has 4 nitrogen and oxygen atoms in total. The van der Waals surface area contributed by atoms with Gasteiger partial charge < -0.3 is 0 Å². The zero-order valence-corrected chi connectivity index (χ0v) is 14.4. The third-order valence-electron chi connectivity index (χ3n) is 4.75. The first-order chi connectivity index (χ1) is 9.26. The summed E-state index contributed by atoms with van der Waals surface area (Å²) in [6, 6.07) is -0.0240. The van der Waals surface area contributed by atoms with Crippen molar-refractivity contribution in [3.63, 3.8) is 0 Å². The summed E-state index contributed by atoms with van der Waals surface area (Å²) in [6.07, 6.45) is 3.87. The summed E-state index contributed by atoms with van der Waals surface area (Å²) in [5, 5.41) is 0. The van der Waals surface area contributed by atoms with E-state index in [1.54, 1.807) is 8.61 Å². The lowest BCUT2D eigenvalue weighted by Gasteiger charge is -2.36. The predicted molar refractivity (Wildman–Crippen MR) is 83.1 cm³/mol. The van der Waals surface area contributed by atoms with Crippen molar-refractivity contribution in [1.82, 2.24) is 8.61 Å². The summed E-state index contributed by atoms with van der Waals surface area (Å²) in [5.74, 6) is 0.840. The number of hydrogen-bond donors (Lipinski definition) is 0. The van der Waals surface area contributed by atoms with Gasteiger partial charge in [-0.25, -0.2) is 0 Å². The minimum Gasteiger partial charge on any atom is -0.195 e. The zero-order chi connectivity index (χ0) is 15.0. The number of rotatable bonds is 3. The molecule has 2 fully saturated rings. The molecule has 0 bridgehead atoms. The monoisotopic (exact) mass is 322 g/mol. The lowest BCUT2D eigenvalue weighted by atomic mass is 9.80. The molecular weight excluding hydrogens is 296 g/mol. The Labute approximate surface area is 128 Å². The van der Waals surface area contributed by atoms with Gasteiger partial charge in [-0.1, -0.05) is 27.2 Å². The number of piperidine rings is 1. The fourth-order valence-corrected chi connectivity index (χ4v) is 5.55. The summed E-state index contributed by atoms with van der Waals surface area (Å²) in [7, 11) is -3.33. The largest absolute Gasteiger partial charge is 0.282 e. The quantitative estimate of drug-likeness (QED) is 0.750. The zero-order valence-electron chi connectivity index (χ0n) is 12.8. The van der Waals surface area contributed by atoms with Gasteiger partial charge in [-0.2, -0.15) is 17.0 Å². The van der Waals surface area contributed by atoms with Crippen LogP contribution in [0.5, 0.6) is 0 Å². The highest BCUT2D eigenvalue weighted by Crippen LogP contribution is 2.36. The SMILES string of the molecule is CC(C)(C)C1CCN(S(=O)(=O)N2CCCCC2CCl)C1. The number of nitrogens with zero attached hydrogens (tertiary/aromatic N) is 2. The van der Waals surface area contributed by atoms with Crippen molar-refractivity contribution in [3.05, 3.63) is 0 Å². The average Bonchev–Trinajstić information content (AvgIpc) is 2.88. The highest BCUT2D eigenvalue weighted by Gasteiger charge is 2.41. The molecule has 2 saturated heterocycles. The van der Waals surface area contributed by atoms with Gasteiger partial charge in [0, 0.05) is 31.6 Å². The van der Waals surface area contributed by atoms with Gasteiger partial charge in [0.25, 0.3) is 10.2 Å². The van der Waals surface area contributed by atoms with E-state index in [0.717, 1.165) is 25.7 Å². The van der Waals surface area contributed by atoms with Crippen LogP contribution in [0, 0.1) is 11.3 Å². The summed E-state index contributed by atoms with van der Waals surface area (Å²) >= 11 is 5.96. The maximum Gasteiger partial charge on any atom is 0.282 e. The van der Waals surface area contributed by atoms with Crippen LogP contribution in [0.2, 0.25) is 0 Å². The second-order valence-corrected chi connectivity index (χ2v) is 9.32. The second kappa shape index (κ2) is 6.11. The fraction of sp³-hybridized carbons (Fsp3) is 1.00. The van der Waals surface area contributed by atoms with Crippen LogP contribution in [0.15, 0.2) is 0 Å². The van der Waals surface area contributed by atoms with E-state index >= 15 is 0 Å². The number of alkyl halides is 1. The first-order valence-electron chi connectivity index (χ1n) is 7.59. The summed E-state index contributed by atoms with van der Waals surface area (Å²) in [5.41, 5.74) is 0.165. The highest BCUT2D eigenvalue weighted by molar-refractivity contribution is 7.86. The molecule has 2 rings (SSSR count). The van der Waals surface area contributed by atoms with Gasteiger partial charge >= 0.3 is 0 Å². The lowest BCUT2D eigenvalue weighted by molar-refractivity contribution is 0.234. The van der Waals surface area contributed by atoms with E-state index in [1.807, 2.05) is 0 Å². The lowest BCUT2D eigenvalue weighted by Crippen LogP contribution is -2.50. The molecule has 2 atom stereocenters. The van der Waals surface area contributed by atoms with E-state index in [2.05, 4.69) is 20.8 Å². The van der Waals surface area contributed by atoms with Crippen LogP contribution in [-0.2, 0) is 10.2 Å². The first-order valence-corrected chi connectivity index (χ1v) is 9.53. The molecule has 6 heteroatoms. The van der Waals surface area contributed by atoms with Crippen molar-refractivity contribution in [1.29, 1.82) is 0 Å². The third kappa shape index (κ3) is 3.32. The Balaban J connectivity index is 2.11. The Bertz CT molecular complexity index is 433. The molecule has 0 aromatic carbocycles. The molecule has 0 spiro atoms. The minimum atomic E-state index is -3.33. The normalized spacial score (nSPS) is 30.8. The standard InChI is InChI=1S/C14H27ClN2O2S/c1-14(2,3)12-7-9-16(11-12)20(18,19)17-8-5-4-6-13(17)10-15/h12-13H,4-11H2,1-3H3. The van der Waals surface area contributed by atoms with Gasteiger partial charge in [0.15, 0.2) is 0 Å². The number of hydrogen-bond acceptors (Lipinski definition) is 2. The molecule has 0 saturated carbocycles. The van der Waals surface area contributed by atoms with Gasteiger partial charge in [0.2, 0.25) is 0 Å². The van der Waals surface area contributed by atoms with E-state index < -0.39 is 10.2 Å². The molecule has 0 aromatic rings. The van der Waals surface area contributed by atoms with Gasteiger partial charge in [0.05, 0.1) is 0 Å². The molecule has 0 radical (unpaired) electrons. The van der Waals surface area contributed by atoms with Crippen molar-refractivity contribution in [2.75, 3.05) is 25.5 Å². The molecule has 2 aliphatic heterocycles. The molecule has 118 valence electrons. The Kier molecular flexibility index (Phi) is 5.05. The molecule has 0 amide bonds. The first kappa shape index (κ1) is 16.5. The Morgan fingerprint density at radius 1 is 1.15 bits per heavy atom. The predicted octanol–water partition coefficient (Wildman–Crippen LogP) is 2.69. The van der Waals surface area contributed by atoms with E-state index in [4.69, 9.17) is 11.6 Å². The third-order valence-corrected chi connectivity index (χ3v) is 7.16. The van der Waals surface area contributed by atoms with E-state index in [-0.39, 0.29) is 11.5 Å². The van der Waals surface area contributed by atoms with Crippen LogP contribution in [0.25, 0.3) is 0 Å². The van der Waals surface area contributed by atoms with Gasteiger partial charge in [-0.05, 0) is 30.6 Å². The summed E-state index contributed by atoms with van der Waals surface area (Å²) in [4.78, 5) is 0. The molecule has 20 heavy (non-hydrogen) atoms. The maximum absolute atomic E-state index is 12.8. The van der Waals surface area contributed by atoms with Crippen molar-refractivity contribution in [2.24, 2.45) is 11.3 Å². The Morgan fingerprint density at radius 3 is 2.40 bits per heavy atom. The van der Waals surface area contributed by atoms with Crippen LogP contribution < -0.4 is 0 Å². The molecule has 0 N–H and O–H groups in total. The van der Waals surface area contributed by atoms with Crippen LogP contribution in [0.3, 0.4) is 0 Å². The molecule has 2 aliphatic rings. The Hall–Kier alpha value is 0.160. The summed E-state index contributed by atoms with van der Waals surface area (Å²) < 4.78 is 29.0. The minimum absolute atomic E-state index is 0.0240. The van der Waals surface area contributed by atoms with Crippen LogP contribution in [-0.4, -0.2) is 48.6 Å². The second-order valence-electron chi connectivity index (χ2n) is 7.13. The molecule has 2 heterocycles. The van der Waals surface area contributed by atoms with Crippen LogP contribution in [0.1, 0.15) is 46.5 Å². The van der Waals surface area contributed by atoms with Crippen molar-refractivity contribution in [2.45, 2.75) is 52.5 Å². The van der Waals surface area contributed by atoms with E-state index in [0.29, 0.717) is 31.4 Å². The van der Waals surface area contributed by atoms with Crippen molar-refractivity contribution < 1.29 is 8.42 Å². The maximum atomic E-state index is 12.8. The van der Waals surface area contributed by atoms with Gasteiger partial charge in [-0.3, -0.25) is 0 Å². The van der Waals surface area contributed by atoms with Crippen molar-refractivity contribution >= 4 is 21.8 Å². The topological polar surface area (TPSA) is 40.6 Å². The molecule has 2 unspecified atom stereocenters. The van der Waals surface area contributed by atoms with E-state index in [9.17, 15) is 8.42 Å². The molecular formula is C14H27ClN2O2S. The Morgan fingerprint density at radius 2 is 1.85 bits per heavy atom. The van der Waals surface area contributed by atoms with Crippen LogP contribution >= 0.6 is 11.6 Å². The summed E-state index contributed by atoms with van der Waals surface area (Å²) in [6.45, 7) is 8.49. The highest BCUT2D eigenvalue weighted by atomic mass is 35.5. The molecule has 0 aromatic heterocycles. The van der Waals surface area contributed by atoms with E-state index in [1.165, 1.54) is 0 Å². The van der Waals surface area contributed by atoms with Crippen LogP contribution in [0.4, 0.5) is 0 Å². The van der Waals surface area contributed by atoms with Crippen molar-refractivity contribution in [3.8, 4) is 0 Å². The average molecular weight is 323 g/mol. The number of halogens is 1. The fourth-order valence-electron chi connectivity index (χ4n) is 3.22. The van der Waals surface area contributed by atoms with Gasteiger partial charge in [-0.15, -0.1) is 11.6 Å².